The van der Waals surface area contributed by atoms with Crippen molar-refractivity contribution in [2.45, 2.75) is 32.1 Å². The number of rotatable bonds is 3. The fourth-order valence-corrected chi connectivity index (χ4v) is 4.03. The van der Waals surface area contributed by atoms with E-state index in [1.54, 1.807) is 25.1 Å². The molecule has 0 radical (unpaired) electrons. The molecule has 4 rings (SSSR count). The Labute approximate surface area is 171 Å². The number of ketones is 1. The smallest absolute Gasteiger partial charge is 0.254 e. The quantitative estimate of drug-likeness (QED) is 0.762. The zero-order valence-corrected chi connectivity index (χ0v) is 16.5. The topological polar surface area (TPSA) is 84.2 Å². The molecule has 2 aromatic rings. The van der Waals surface area contributed by atoms with Crippen LogP contribution >= 0.6 is 23.2 Å². The summed E-state index contributed by atoms with van der Waals surface area (Å²) in [5, 5.41) is 6.84. The van der Waals surface area contributed by atoms with Crippen LogP contribution in [0.2, 0.25) is 10.0 Å². The Morgan fingerprint density at radius 2 is 2.14 bits per heavy atom. The molecule has 28 heavy (non-hydrogen) atoms. The maximum atomic E-state index is 13.2. The van der Waals surface area contributed by atoms with Crippen LogP contribution in [0.15, 0.2) is 57.6 Å². The number of hydrogen-bond acceptors (Lipinski definition) is 5. The SMILES string of the molecule is CC1=C(C(=O)Nc2cc(Cl)ccc2Cl)C(c2ncco2)C2=C(CCCC2=O)N1. The summed E-state index contributed by atoms with van der Waals surface area (Å²) in [5.74, 6) is -0.763. The van der Waals surface area contributed by atoms with Crippen molar-refractivity contribution < 1.29 is 14.0 Å². The van der Waals surface area contributed by atoms with E-state index in [0.717, 1.165) is 18.5 Å². The summed E-state index contributed by atoms with van der Waals surface area (Å²) in [6, 6.07) is 4.82. The number of carbonyl (C=O) groups excluding carboxylic acids is 2. The average molecular weight is 418 g/mol. The summed E-state index contributed by atoms with van der Waals surface area (Å²) >= 11 is 12.2. The highest BCUT2D eigenvalue weighted by Crippen LogP contribution is 2.42. The third-order valence-electron chi connectivity index (χ3n) is 4.90. The molecule has 1 amide bonds. The minimum atomic E-state index is -0.669. The summed E-state index contributed by atoms with van der Waals surface area (Å²) in [4.78, 5) is 30.1. The number of aromatic nitrogens is 1. The van der Waals surface area contributed by atoms with Crippen LogP contribution in [-0.4, -0.2) is 16.7 Å². The van der Waals surface area contributed by atoms with Crippen LogP contribution < -0.4 is 10.6 Å². The lowest BCUT2D eigenvalue weighted by Crippen LogP contribution is -2.35. The average Bonchev–Trinajstić information content (AvgIpc) is 3.18. The Bertz CT molecular complexity index is 1030. The molecular formula is C20H17Cl2N3O3. The first-order chi connectivity index (χ1) is 13.5. The summed E-state index contributed by atoms with van der Waals surface area (Å²) in [5.41, 5.74) is 2.77. The molecule has 1 aliphatic heterocycles. The lowest BCUT2D eigenvalue weighted by Gasteiger charge is -2.32. The molecule has 144 valence electrons. The number of nitrogens with zero attached hydrogens (tertiary/aromatic N) is 1. The number of allylic oxidation sites excluding steroid dienone is 3. The number of dihydropyridines is 1. The molecule has 2 aliphatic rings. The molecule has 0 bridgehead atoms. The Kier molecular flexibility index (Phi) is 5.00. The van der Waals surface area contributed by atoms with Crippen molar-refractivity contribution in [1.29, 1.82) is 0 Å². The molecule has 0 fully saturated rings. The lowest BCUT2D eigenvalue weighted by atomic mass is 9.78. The molecule has 1 aliphatic carbocycles. The van der Waals surface area contributed by atoms with E-state index in [-0.39, 0.29) is 5.78 Å². The van der Waals surface area contributed by atoms with E-state index in [9.17, 15) is 9.59 Å². The molecule has 1 aromatic carbocycles. The summed E-state index contributed by atoms with van der Waals surface area (Å²) in [7, 11) is 0. The standard InChI is InChI=1S/C20H17Cl2N3O3/c1-10-16(19(27)25-14-9-11(21)5-6-12(14)22)18(20-23-7-8-28-20)17-13(24-10)3-2-4-15(17)26/h5-9,18,24H,2-4H2,1H3,(H,25,27). The van der Waals surface area contributed by atoms with Gasteiger partial charge in [0.1, 0.15) is 6.26 Å². The normalized spacial score (nSPS) is 19.4. The third-order valence-corrected chi connectivity index (χ3v) is 5.46. The van der Waals surface area contributed by atoms with E-state index >= 15 is 0 Å². The highest BCUT2D eigenvalue weighted by atomic mass is 35.5. The first kappa shape index (κ1) is 18.8. The number of Topliss-reactive ketones (excluding diaryl/α,β-unsaturated/α-hetero) is 1. The number of nitrogens with one attached hydrogen (secondary N) is 2. The van der Waals surface area contributed by atoms with Crippen molar-refractivity contribution in [3.63, 3.8) is 0 Å². The highest BCUT2D eigenvalue weighted by molar-refractivity contribution is 6.36. The number of halogens is 2. The highest BCUT2D eigenvalue weighted by Gasteiger charge is 2.40. The fourth-order valence-electron chi connectivity index (χ4n) is 3.69. The molecule has 2 heterocycles. The first-order valence-corrected chi connectivity index (χ1v) is 9.61. The van der Waals surface area contributed by atoms with Gasteiger partial charge in [0.05, 0.1) is 28.4 Å². The van der Waals surface area contributed by atoms with E-state index in [4.69, 9.17) is 27.6 Å². The van der Waals surface area contributed by atoms with Crippen LogP contribution in [-0.2, 0) is 9.59 Å². The molecule has 1 unspecified atom stereocenters. The van der Waals surface area contributed by atoms with Gasteiger partial charge >= 0.3 is 0 Å². The van der Waals surface area contributed by atoms with Crippen LogP contribution in [0.25, 0.3) is 0 Å². The van der Waals surface area contributed by atoms with Gasteiger partial charge < -0.3 is 15.1 Å². The van der Waals surface area contributed by atoms with E-state index in [1.807, 2.05) is 0 Å². The Hall–Kier alpha value is -2.57. The second-order valence-electron chi connectivity index (χ2n) is 6.71. The van der Waals surface area contributed by atoms with Crippen molar-refractivity contribution in [3.8, 4) is 0 Å². The number of hydrogen-bond donors (Lipinski definition) is 2. The Morgan fingerprint density at radius 1 is 1.32 bits per heavy atom. The van der Waals surface area contributed by atoms with Gasteiger partial charge in [0.15, 0.2) is 5.78 Å². The molecule has 0 saturated heterocycles. The Morgan fingerprint density at radius 3 is 2.89 bits per heavy atom. The van der Waals surface area contributed by atoms with Crippen LogP contribution in [0.3, 0.4) is 0 Å². The maximum absolute atomic E-state index is 13.2. The minimum absolute atomic E-state index is 0.00413. The van der Waals surface area contributed by atoms with Crippen LogP contribution in [0.5, 0.6) is 0 Å². The van der Waals surface area contributed by atoms with Gasteiger partial charge in [0.25, 0.3) is 5.91 Å². The van der Waals surface area contributed by atoms with Gasteiger partial charge in [-0.2, -0.15) is 0 Å². The predicted molar refractivity (Wildman–Crippen MR) is 106 cm³/mol. The Balaban J connectivity index is 1.76. The van der Waals surface area contributed by atoms with Crippen molar-refractivity contribution in [2.24, 2.45) is 0 Å². The number of anilines is 1. The molecule has 2 N–H and O–H groups in total. The van der Waals surface area contributed by atoms with Gasteiger partial charge in [-0.3, -0.25) is 9.59 Å². The summed E-state index contributed by atoms with van der Waals surface area (Å²) in [6.07, 6.45) is 4.89. The number of amides is 1. The van der Waals surface area contributed by atoms with Gasteiger partial charge in [-0.15, -0.1) is 0 Å². The van der Waals surface area contributed by atoms with E-state index in [0.29, 0.717) is 44.9 Å². The second-order valence-corrected chi connectivity index (χ2v) is 7.56. The zero-order chi connectivity index (χ0) is 19.8. The van der Waals surface area contributed by atoms with Gasteiger partial charge in [0, 0.05) is 28.4 Å². The molecule has 1 aromatic heterocycles. The van der Waals surface area contributed by atoms with Gasteiger partial charge in [0.2, 0.25) is 5.89 Å². The molecule has 8 heteroatoms. The van der Waals surface area contributed by atoms with Gasteiger partial charge in [-0.1, -0.05) is 23.2 Å². The van der Waals surface area contributed by atoms with Crippen LogP contribution in [0, 0.1) is 0 Å². The molecule has 0 spiro atoms. The van der Waals surface area contributed by atoms with Crippen molar-refractivity contribution >= 4 is 40.6 Å². The van der Waals surface area contributed by atoms with E-state index < -0.39 is 11.8 Å². The minimum Gasteiger partial charge on any atom is -0.448 e. The maximum Gasteiger partial charge on any atom is 0.254 e. The van der Waals surface area contributed by atoms with E-state index in [2.05, 4.69) is 15.6 Å². The van der Waals surface area contributed by atoms with E-state index in [1.165, 1.54) is 12.5 Å². The predicted octanol–water partition coefficient (Wildman–Crippen LogP) is 4.59. The van der Waals surface area contributed by atoms with Gasteiger partial charge in [-0.05, 0) is 38.0 Å². The third kappa shape index (κ3) is 3.34. The second kappa shape index (κ2) is 7.45. The first-order valence-electron chi connectivity index (χ1n) is 8.85. The number of oxazole rings is 1. The van der Waals surface area contributed by atoms with Crippen molar-refractivity contribution in [2.75, 3.05) is 5.32 Å². The monoisotopic (exact) mass is 417 g/mol. The molecule has 1 atom stereocenters. The number of carbonyl (C=O) groups is 2. The largest absolute Gasteiger partial charge is 0.448 e. The van der Waals surface area contributed by atoms with Crippen LogP contribution in [0.1, 0.15) is 38.0 Å². The molecule has 6 nitrogen and oxygen atoms in total. The zero-order valence-electron chi connectivity index (χ0n) is 15.0. The number of benzene rings is 1. The van der Waals surface area contributed by atoms with Gasteiger partial charge in [-0.25, -0.2) is 4.98 Å². The van der Waals surface area contributed by atoms with Crippen molar-refractivity contribution in [1.82, 2.24) is 10.3 Å². The molecule has 0 saturated carbocycles. The van der Waals surface area contributed by atoms with Crippen LogP contribution in [0.4, 0.5) is 5.69 Å². The van der Waals surface area contributed by atoms with Crippen molar-refractivity contribution in [3.05, 3.63) is 69.1 Å². The summed E-state index contributed by atoms with van der Waals surface area (Å²) in [6.45, 7) is 1.80. The molecular weight excluding hydrogens is 401 g/mol. The lowest BCUT2D eigenvalue weighted by molar-refractivity contribution is -0.116. The summed E-state index contributed by atoms with van der Waals surface area (Å²) < 4.78 is 5.51. The fraction of sp³-hybridized carbons (Fsp3) is 0.250.